The van der Waals surface area contributed by atoms with Crippen LogP contribution in [-0.2, 0) is 11.3 Å². The van der Waals surface area contributed by atoms with Crippen LogP contribution in [0, 0.1) is 5.92 Å². The summed E-state index contributed by atoms with van der Waals surface area (Å²) in [5.41, 5.74) is 0.886. The number of nitrogens with zero attached hydrogens (tertiary/aromatic N) is 3. The second-order valence-electron chi connectivity index (χ2n) is 8.49. The van der Waals surface area contributed by atoms with Crippen LogP contribution in [0.15, 0.2) is 28.8 Å². The molecule has 0 atom stereocenters. The van der Waals surface area contributed by atoms with Crippen LogP contribution in [0.5, 0.6) is 0 Å². The molecule has 4 rings (SSSR count). The molecule has 2 aromatic rings. The summed E-state index contributed by atoms with van der Waals surface area (Å²) in [5.74, 6) is 2.54. The molecule has 1 amide bonds. The van der Waals surface area contributed by atoms with Gasteiger partial charge in [-0.1, -0.05) is 36.0 Å². The second-order valence-corrected chi connectivity index (χ2v) is 10.3. The van der Waals surface area contributed by atoms with E-state index in [0.717, 1.165) is 49.0 Å². The molecule has 0 radical (unpaired) electrons. The van der Waals surface area contributed by atoms with Crippen molar-refractivity contribution >= 4 is 29.3 Å². The zero-order chi connectivity index (χ0) is 21.5. The average Bonchev–Trinajstić information content (AvgIpc) is 3.27. The van der Waals surface area contributed by atoms with E-state index in [1.807, 2.05) is 36.0 Å². The van der Waals surface area contributed by atoms with Crippen molar-refractivity contribution in [3.8, 4) is 11.4 Å². The third kappa shape index (κ3) is 6.70. The number of hydrogen-bond donors (Lipinski definition) is 1. The minimum atomic E-state index is 0.114. The molecule has 1 saturated heterocycles. The third-order valence-corrected chi connectivity index (χ3v) is 7.83. The van der Waals surface area contributed by atoms with Crippen LogP contribution in [0.25, 0.3) is 11.4 Å². The number of hydrogen-bond acceptors (Lipinski definition) is 6. The van der Waals surface area contributed by atoms with E-state index in [4.69, 9.17) is 16.1 Å². The smallest absolute Gasteiger partial charge is 0.241 e. The Kier molecular flexibility index (Phi) is 8.27. The summed E-state index contributed by atoms with van der Waals surface area (Å²) < 4.78 is 5.42. The predicted octanol–water partition coefficient (Wildman–Crippen LogP) is 4.78. The Labute approximate surface area is 193 Å². The van der Waals surface area contributed by atoms with Gasteiger partial charge in [0.25, 0.3) is 0 Å². The maximum atomic E-state index is 12.5. The average molecular weight is 463 g/mol. The Morgan fingerprint density at radius 2 is 1.87 bits per heavy atom. The highest BCUT2D eigenvalue weighted by molar-refractivity contribution is 7.99. The van der Waals surface area contributed by atoms with E-state index >= 15 is 0 Å². The van der Waals surface area contributed by atoms with Crippen molar-refractivity contribution in [1.82, 2.24) is 20.4 Å². The zero-order valence-corrected chi connectivity index (χ0v) is 19.5. The highest BCUT2D eigenvalue weighted by atomic mass is 35.5. The summed E-state index contributed by atoms with van der Waals surface area (Å²) in [7, 11) is 0. The highest BCUT2D eigenvalue weighted by Gasteiger charge is 2.26. The molecule has 1 saturated carbocycles. The first-order chi connectivity index (χ1) is 15.2. The van der Waals surface area contributed by atoms with Crippen molar-refractivity contribution in [2.24, 2.45) is 5.92 Å². The fourth-order valence-electron chi connectivity index (χ4n) is 4.36. The Bertz CT molecular complexity index is 830. The number of thioether (sulfide) groups is 1. The molecule has 0 spiro atoms. The molecule has 168 valence electrons. The van der Waals surface area contributed by atoms with E-state index in [9.17, 15) is 4.79 Å². The lowest BCUT2D eigenvalue weighted by atomic mass is 9.96. The monoisotopic (exact) mass is 462 g/mol. The fraction of sp³-hybridized carbons (Fsp3) is 0.609. The molecular formula is C23H31ClN4O2S. The maximum Gasteiger partial charge on any atom is 0.241 e. The number of aromatic nitrogens is 2. The first-order valence-corrected chi connectivity index (χ1v) is 12.8. The summed E-state index contributed by atoms with van der Waals surface area (Å²) in [6.07, 6.45) is 8.57. The molecule has 31 heavy (non-hydrogen) atoms. The van der Waals surface area contributed by atoms with Crippen LogP contribution in [0.3, 0.4) is 0 Å². The third-order valence-electron chi connectivity index (χ3n) is 6.19. The molecule has 1 aliphatic heterocycles. The number of rotatable bonds is 8. The van der Waals surface area contributed by atoms with Crippen LogP contribution in [-0.4, -0.2) is 51.6 Å². The van der Waals surface area contributed by atoms with Crippen molar-refractivity contribution in [2.75, 3.05) is 25.4 Å². The molecule has 0 bridgehead atoms. The van der Waals surface area contributed by atoms with E-state index in [1.165, 1.54) is 32.1 Å². The lowest BCUT2D eigenvalue weighted by molar-refractivity contribution is -0.126. The van der Waals surface area contributed by atoms with E-state index < -0.39 is 0 Å². The quantitative estimate of drug-likeness (QED) is 0.569. The summed E-state index contributed by atoms with van der Waals surface area (Å²) in [5, 5.41) is 8.72. The van der Waals surface area contributed by atoms with Gasteiger partial charge in [-0.05, 0) is 63.0 Å². The van der Waals surface area contributed by atoms with Gasteiger partial charge < -0.3 is 9.84 Å². The van der Waals surface area contributed by atoms with Crippen LogP contribution < -0.4 is 5.32 Å². The van der Waals surface area contributed by atoms with Crippen LogP contribution in [0.2, 0.25) is 5.02 Å². The first kappa shape index (κ1) is 22.6. The van der Waals surface area contributed by atoms with Crippen molar-refractivity contribution < 1.29 is 9.32 Å². The van der Waals surface area contributed by atoms with Crippen molar-refractivity contribution in [3.05, 3.63) is 35.2 Å². The fourth-order valence-corrected chi connectivity index (χ4v) is 5.70. The van der Waals surface area contributed by atoms with Crippen molar-refractivity contribution in [3.63, 3.8) is 0 Å². The standard InChI is InChI=1S/C23H31ClN4O2S/c24-19-8-6-17(7-9-19)22-26-21(30-27-22)16-28-13-10-18(11-14-28)23(29)25-12-15-31-20-4-2-1-3-5-20/h6-9,18,20H,1-5,10-16H2,(H,25,29). The lowest BCUT2D eigenvalue weighted by Crippen LogP contribution is -2.40. The highest BCUT2D eigenvalue weighted by Crippen LogP contribution is 2.28. The van der Waals surface area contributed by atoms with E-state index in [-0.39, 0.29) is 11.8 Å². The number of amides is 1. The maximum absolute atomic E-state index is 12.5. The molecule has 1 aromatic heterocycles. The normalized spacial score (nSPS) is 18.9. The number of carbonyl (C=O) groups is 1. The summed E-state index contributed by atoms with van der Waals surface area (Å²) in [6, 6.07) is 7.40. The molecule has 0 unspecified atom stereocenters. The molecule has 2 heterocycles. The van der Waals surface area contributed by atoms with Gasteiger partial charge in [0.05, 0.1) is 6.54 Å². The number of piperidine rings is 1. The Balaban J connectivity index is 1.15. The van der Waals surface area contributed by atoms with Gasteiger partial charge in [0.15, 0.2) is 0 Å². The van der Waals surface area contributed by atoms with Gasteiger partial charge in [0, 0.05) is 34.1 Å². The molecule has 1 aromatic carbocycles. The topological polar surface area (TPSA) is 71.3 Å². The van der Waals surface area contributed by atoms with E-state index in [0.29, 0.717) is 23.3 Å². The van der Waals surface area contributed by atoms with Gasteiger partial charge in [0.1, 0.15) is 0 Å². The zero-order valence-electron chi connectivity index (χ0n) is 17.9. The SMILES string of the molecule is O=C(NCCSC1CCCCC1)C1CCN(Cc2nc(-c3ccc(Cl)cc3)no2)CC1. The largest absolute Gasteiger partial charge is 0.355 e. The minimum Gasteiger partial charge on any atom is -0.355 e. The van der Waals surface area contributed by atoms with E-state index in [1.54, 1.807) is 0 Å². The molecule has 6 nitrogen and oxygen atoms in total. The summed E-state index contributed by atoms with van der Waals surface area (Å²) in [6.45, 7) is 3.14. The molecular weight excluding hydrogens is 432 g/mol. The number of likely N-dealkylation sites (tertiary alicyclic amines) is 1. The minimum absolute atomic E-state index is 0.114. The van der Waals surface area contributed by atoms with Crippen LogP contribution in [0.4, 0.5) is 0 Å². The number of nitrogens with one attached hydrogen (secondary N) is 1. The first-order valence-electron chi connectivity index (χ1n) is 11.4. The molecule has 2 fully saturated rings. The van der Waals surface area contributed by atoms with Gasteiger partial charge in [-0.3, -0.25) is 9.69 Å². The Morgan fingerprint density at radius 1 is 1.13 bits per heavy atom. The van der Waals surface area contributed by atoms with Gasteiger partial charge in [0.2, 0.25) is 17.6 Å². The van der Waals surface area contributed by atoms with Gasteiger partial charge >= 0.3 is 0 Å². The summed E-state index contributed by atoms with van der Waals surface area (Å²) in [4.78, 5) is 19.3. The molecule has 8 heteroatoms. The summed E-state index contributed by atoms with van der Waals surface area (Å²) >= 11 is 7.97. The van der Waals surface area contributed by atoms with Crippen molar-refractivity contribution in [2.45, 2.75) is 56.7 Å². The number of benzene rings is 1. The van der Waals surface area contributed by atoms with Gasteiger partial charge in [-0.15, -0.1) is 0 Å². The number of halogens is 1. The number of carbonyl (C=O) groups excluding carboxylic acids is 1. The van der Waals surface area contributed by atoms with Crippen LogP contribution >= 0.6 is 23.4 Å². The molecule has 1 N–H and O–H groups in total. The molecule has 2 aliphatic rings. The van der Waals surface area contributed by atoms with Gasteiger partial charge in [-0.25, -0.2) is 0 Å². The second kappa shape index (κ2) is 11.3. The Morgan fingerprint density at radius 3 is 2.61 bits per heavy atom. The van der Waals surface area contributed by atoms with E-state index in [2.05, 4.69) is 20.4 Å². The molecule has 1 aliphatic carbocycles. The van der Waals surface area contributed by atoms with Gasteiger partial charge in [-0.2, -0.15) is 16.7 Å². The Hall–Kier alpha value is -1.57. The lowest BCUT2D eigenvalue weighted by Gasteiger charge is -2.30. The van der Waals surface area contributed by atoms with Crippen molar-refractivity contribution in [1.29, 1.82) is 0 Å². The van der Waals surface area contributed by atoms with Crippen LogP contribution in [0.1, 0.15) is 50.8 Å². The predicted molar refractivity (Wildman–Crippen MR) is 125 cm³/mol.